The van der Waals surface area contributed by atoms with Crippen molar-refractivity contribution in [2.24, 2.45) is 0 Å². The van der Waals surface area contributed by atoms with E-state index in [0.717, 1.165) is 16.9 Å². The number of aliphatic hydroxyl groups excluding tert-OH is 1. The molecule has 0 atom stereocenters. The number of rotatable bonds is 2. The zero-order chi connectivity index (χ0) is 11.0. The van der Waals surface area contributed by atoms with E-state index in [1.54, 1.807) is 10.7 Å². The molecule has 5 heteroatoms. The van der Waals surface area contributed by atoms with Gasteiger partial charge in [-0.1, -0.05) is 0 Å². The van der Waals surface area contributed by atoms with Gasteiger partial charge in [0.25, 0.3) is 0 Å². The number of imidazole rings is 1. The second-order valence-corrected chi connectivity index (χ2v) is 3.50. The van der Waals surface area contributed by atoms with Crippen molar-refractivity contribution in [2.45, 2.75) is 6.61 Å². The van der Waals surface area contributed by atoms with Gasteiger partial charge in [-0.25, -0.2) is 9.50 Å². The van der Waals surface area contributed by atoms with Gasteiger partial charge in [-0.3, -0.25) is 0 Å². The number of nitrogens with one attached hydrogen (secondary N) is 1. The average molecular weight is 214 g/mol. The van der Waals surface area contributed by atoms with Crippen molar-refractivity contribution in [2.75, 3.05) is 0 Å². The molecule has 16 heavy (non-hydrogen) atoms. The van der Waals surface area contributed by atoms with Crippen molar-refractivity contribution in [1.82, 2.24) is 19.6 Å². The highest BCUT2D eigenvalue weighted by atomic mass is 16.3. The largest absolute Gasteiger partial charge is 0.390 e. The molecule has 0 unspecified atom stereocenters. The van der Waals surface area contributed by atoms with E-state index in [1.807, 2.05) is 30.6 Å². The van der Waals surface area contributed by atoms with Gasteiger partial charge < -0.3 is 10.1 Å². The average Bonchev–Trinajstić information content (AvgIpc) is 2.97. The molecule has 0 aromatic carbocycles. The molecule has 3 aromatic heterocycles. The smallest absolute Gasteiger partial charge is 0.153 e. The summed E-state index contributed by atoms with van der Waals surface area (Å²) in [4.78, 5) is 7.13. The molecule has 3 aromatic rings. The molecule has 5 nitrogen and oxygen atoms in total. The van der Waals surface area contributed by atoms with Crippen LogP contribution in [0.1, 0.15) is 5.69 Å². The standard InChI is InChI=1S/C11H10N4O/c16-7-9-6-13-11-2-1-10(14-15(9)11)8-3-4-12-5-8/h1-6,12,16H,7H2. The van der Waals surface area contributed by atoms with Gasteiger partial charge in [-0.15, -0.1) is 0 Å². The van der Waals surface area contributed by atoms with Crippen molar-refractivity contribution in [3.8, 4) is 11.3 Å². The number of aromatic nitrogens is 4. The summed E-state index contributed by atoms with van der Waals surface area (Å²) in [5.41, 5.74) is 3.29. The van der Waals surface area contributed by atoms with Crippen LogP contribution in [0.3, 0.4) is 0 Å². The molecule has 0 fully saturated rings. The number of aromatic amines is 1. The molecule has 2 N–H and O–H groups in total. The minimum absolute atomic E-state index is 0.0647. The summed E-state index contributed by atoms with van der Waals surface area (Å²) in [6.07, 6.45) is 5.36. The Morgan fingerprint density at radius 1 is 1.31 bits per heavy atom. The molecule has 0 saturated carbocycles. The fourth-order valence-corrected chi connectivity index (χ4v) is 1.67. The Bertz CT molecular complexity index is 612. The van der Waals surface area contributed by atoms with Crippen LogP contribution in [-0.4, -0.2) is 24.7 Å². The van der Waals surface area contributed by atoms with Gasteiger partial charge in [0.05, 0.1) is 24.2 Å². The molecule has 0 spiro atoms. The lowest BCUT2D eigenvalue weighted by atomic mass is 10.2. The first kappa shape index (κ1) is 9.11. The van der Waals surface area contributed by atoms with Gasteiger partial charge in [0.1, 0.15) is 0 Å². The Kier molecular flexibility index (Phi) is 1.97. The summed E-state index contributed by atoms with van der Waals surface area (Å²) >= 11 is 0. The molecule has 0 amide bonds. The van der Waals surface area contributed by atoms with Crippen LogP contribution in [-0.2, 0) is 6.61 Å². The van der Waals surface area contributed by atoms with Gasteiger partial charge in [-0.05, 0) is 18.2 Å². The summed E-state index contributed by atoms with van der Waals surface area (Å²) in [5, 5.41) is 13.6. The number of fused-ring (bicyclic) bond motifs is 1. The third kappa shape index (κ3) is 1.30. The fraction of sp³-hybridized carbons (Fsp3) is 0.0909. The summed E-state index contributed by atoms with van der Waals surface area (Å²) in [6.45, 7) is -0.0647. The second kappa shape index (κ2) is 3.46. The molecular formula is C11H10N4O. The van der Waals surface area contributed by atoms with Crippen molar-refractivity contribution in [3.05, 3.63) is 42.5 Å². The lowest BCUT2D eigenvalue weighted by Gasteiger charge is -2.00. The lowest BCUT2D eigenvalue weighted by Crippen LogP contribution is -1.98. The zero-order valence-corrected chi connectivity index (χ0v) is 8.46. The molecule has 0 saturated heterocycles. The Balaban J connectivity index is 2.21. The summed E-state index contributed by atoms with van der Waals surface area (Å²) in [7, 11) is 0. The van der Waals surface area contributed by atoms with E-state index >= 15 is 0 Å². The topological polar surface area (TPSA) is 66.2 Å². The van der Waals surface area contributed by atoms with E-state index in [4.69, 9.17) is 5.11 Å². The first-order valence-electron chi connectivity index (χ1n) is 4.96. The predicted molar refractivity (Wildman–Crippen MR) is 58.7 cm³/mol. The number of H-pyrrole nitrogens is 1. The Hall–Kier alpha value is -2.14. The van der Waals surface area contributed by atoms with E-state index in [2.05, 4.69) is 15.1 Å². The minimum atomic E-state index is -0.0647. The maximum absolute atomic E-state index is 9.14. The number of nitrogens with zero attached hydrogens (tertiary/aromatic N) is 3. The highest BCUT2D eigenvalue weighted by molar-refractivity contribution is 5.59. The molecule has 0 radical (unpaired) electrons. The van der Waals surface area contributed by atoms with Crippen molar-refractivity contribution in [1.29, 1.82) is 0 Å². The third-order valence-corrected chi connectivity index (χ3v) is 2.49. The Morgan fingerprint density at radius 3 is 3.00 bits per heavy atom. The summed E-state index contributed by atoms with van der Waals surface area (Å²) in [6, 6.07) is 5.74. The number of aliphatic hydroxyl groups is 1. The SMILES string of the molecule is OCc1cnc2ccc(-c3cc[nH]c3)nn12. The van der Waals surface area contributed by atoms with Gasteiger partial charge in [0.2, 0.25) is 0 Å². The van der Waals surface area contributed by atoms with Gasteiger partial charge in [0.15, 0.2) is 5.65 Å². The molecular weight excluding hydrogens is 204 g/mol. The van der Waals surface area contributed by atoms with Gasteiger partial charge in [0, 0.05) is 18.0 Å². The molecule has 80 valence electrons. The first-order valence-corrected chi connectivity index (χ1v) is 4.96. The van der Waals surface area contributed by atoms with Crippen molar-refractivity contribution in [3.63, 3.8) is 0 Å². The van der Waals surface area contributed by atoms with E-state index in [1.165, 1.54) is 0 Å². The predicted octanol–water partition coefficient (Wildman–Crippen LogP) is 1.22. The normalized spacial score (nSPS) is 11.1. The van der Waals surface area contributed by atoms with Crippen LogP contribution in [0.5, 0.6) is 0 Å². The minimum Gasteiger partial charge on any atom is -0.390 e. The molecule has 0 aliphatic heterocycles. The number of hydrogen-bond donors (Lipinski definition) is 2. The van der Waals surface area contributed by atoms with Crippen molar-refractivity contribution < 1.29 is 5.11 Å². The fourth-order valence-electron chi connectivity index (χ4n) is 1.67. The molecule has 0 aliphatic carbocycles. The van der Waals surface area contributed by atoms with Crippen LogP contribution in [0.2, 0.25) is 0 Å². The molecule has 0 bridgehead atoms. The maximum atomic E-state index is 9.14. The second-order valence-electron chi connectivity index (χ2n) is 3.50. The van der Waals surface area contributed by atoms with Crippen LogP contribution in [0.4, 0.5) is 0 Å². The van der Waals surface area contributed by atoms with E-state index in [9.17, 15) is 0 Å². The van der Waals surface area contributed by atoms with Gasteiger partial charge in [-0.2, -0.15) is 5.10 Å². The van der Waals surface area contributed by atoms with Crippen LogP contribution < -0.4 is 0 Å². The van der Waals surface area contributed by atoms with E-state index in [0.29, 0.717) is 5.69 Å². The van der Waals surface area contributed by atoms with Gasteiger partial charge >= 0.3 is 0 Å². The van der Waals surface area contributed by atoms with Crippen molar-refractivity contribution >= 4 is 5.65 Å². The zero-order valence-electron chi connectivity index (χ0n) is 8.46. The quantitative estimate of drug-likeness (QED) is 0.674. The monoisotopic (exact) mass is 214 g/mol. The maximum Gasteiger partial charge on any atom is 0.153 e. The highest BCUT2D eigenvalue weighted by Crippen LogP contribution is 2.16. The van der Waals surface area contributed by atoms with Crippen LogP contribution in [0.15, 0.2) is 36.8 Å². The van der Waals surface area contributed by atoms with Crippen LogP contribution in [0.25, 0.3) is 16.9 Å². The molecule has 3 rings (SSSR count). The highest BCUT2D eigenvalue weighted by Gasteiger charge is 2.05. The Labute approximate surface area is 91.4 Å². The summed E-state index contributed by atoms with van der Waals surface area (Å²) in [5.74, 6) is 0. The molecule has 3 heterocycles. The van der Waals surface area contributed by atoms with E-state index < -0.39 is 0 Å². The van der Waals surface area contributed by atoms with Crippen LogP contribution >= 0.6 is 0 Å². The summed E-state index contributed by atoms with van der Waals surface area (Å²) < 4.78 is 1.66. The van der Waals surface area contributed by atoms with E-state index in [-0.39, 0.29) is 6.61 Å². The van der Waals surface area contributed by atoms with Crippen LogP contribution in [0, 0.1) is 0 Å². The Morgan fingerprint density at radius 2 is 2.25 bits per heavy atom. The first-order chi connectivity index (χ1) is 7.88. The number of hydrogen-bond acceptors (Lipinski definition) is 3. The molecule has 0 aliphatic rings. The third-order valence-electron chi connectivity index (χ3n) is 2.49. The lowest BCUT2D eigenvalue weighted by molar-refractivity contribution is 0.274.